The van der Waals surface area contributed by atoms with Crippen molar-refractivity contribution in [2.24, 2.45) is 0 Å². The van der Waals surface area contributed by atoms with Gasteiger partial charge in [0.05, 0.1) is 18.2 Å². The highest BCUT2D eigenvalue weighted by Crippen LogP contribution is 2.32. The largest absolute Gasteiger partial charge is 0.348 e. The van der Waals surface area contributed by atoms with Gasteiger partial charge in [0.2, 0.25) is 11.8 Å². The number of fused-ring (bicyclic) bond motifs is 1. The second-order valence-corrected chi connectivity index (χ2v) is 6.99. The van der Waals surface area contributed by atoms with Crippen molar-refractivity contribution in [2.45, 2.75) is 32.2 Å². The molecule has 1 atom stereocenters. The molecular formula is C18H18F2N2O2S. The number of hydrogen-bond donors (Lipinski definition) is 1. The van der Waals surface area contributed by atoms with E-state index in [1.807, 2.05) is 17.5 Å². The Morgan fingerprint density at radius 1 is 1.36 bits per heavy atom. The third kappa shape index (κ3) is 3.87. The summed E-state index contributed by atoms with van der Waals surface area (Å²) in [5.41, 5.74) is 0.662. The standard InChI is InChI=1S/C18H18F2N2O2S/c1-11(23)21-15(17-5-3-7-25-17)10-18(24)22-6-2-4-13-14(20)8-12(19)9-16(13)22/h3,5,7-9,15H,2,4,6,10H2,1H3,(H,21,23)/t15-/m0/s1. The lowest BCUT2D eigenvalue weighted by Crippen LogP contribution is -2.39. The minimum Gasteiger partial charge on any atom is -0.348 e. The maximum absolute atomic E-state index is 14.0. The number of hydrogen-bond acceptors (Lipinski definition) is 3. The second kappa shape index (κ2) is 7.31. The third-order valence-corrected chi connectivity index (χ3v) is 5.17. The van der Waals surface area contributed by atoms with Gasteiger partial charge in [-0.3, -0.25) is 9.59 Å². The van der Waals surface area contributed by atoms with Gasteiger partial charge in [0.25, 0.3) is 0 Å². The smallest absolute Gasteiger partial charge is 0.229 e. The van der Waals surface area contributed by atoms with Gasteiger partial charge < -0.3 is 10.2 Å². The van der Waals surface area contributed by atoms with Gasteiger partial charge in [-0.05, 0) is 30.4 Å². The first-order valence-corrected chi connectivity index (χ1v) is 8.92. The molecule has 0 radical (unpaired) electrons. The van der Waals surface area contributed by atoms with Crippen molar-refractivity contribution >= 4 is 28.8 Å². The Balaban J connectivity index is 1.85. The van der Waals surface area contributed by atoms with Crippen LogP contribution in [0.4, 0.5) is 14.5 Å². The van der Waals surface area contributed by atoms with Gasteiger partial charge in [0.15, 0.2) is 0 Å². The molecule has 132 valence electrons. The Morgan fingerprint density at radius 2 is 2.16 bits per heavy atom. The molecule has 0 unspecified atom stereocenters. The van der Waals surface area contributed by atoms with Crippen LogP contribution in [0.1, 0.15) is 36.2 Å². The van der Waals surface area contributed by atoms with Crippen LogP contribution in [0.15, 0.2) is 29.6 Å². The molecule has 0 saturated carbocycles. The van der Waals surface area contributed by atoms with Crippen LogP contribution in [0.2, 0.25) is 0 Å². The van der Waals surface area contributed by atoms with Gasteiger partial charge >= 0.3 is 0 Å². The summed E-state index contributed by atoms with van der Waals surface area (Å²) < 4.78 is 27.6. The zero-order valence-electron chi connectivity index (χ0n) is 13.7. The lowest BCUT2D eigenvalue weighted by molar-refractivity contribution is -0.121. The van der Waals surface area contributed by atoms with Gasteiger partial charge in [0.1, 0.15) is 11.6 Å². The molecule has 2 heterocycles. The predicted molar refractivity (Wildman–Crippen MR) is 92.5 cm³/mol. The number of rotatable bonds is 4. The summed E-state index contributed by atoms with van der Waals surface area (Å²) in [5, 5.41) is 4.65. The minimum atomic E-state index is -0.701. The molecule has 1 aromatic carbocycles. The van der Waals surface area contributed by atoms with E-state index in [0.29, 0.717) is 30.6 Å². The monoisotopic (exact) mass is 364 g/mol. The Labute approximate surface area is 148 Å². The summed E-state index contributed by atoms with van der Waals surface area (Å²) in [6, 6.07) is 5.29. The minimum absolute atomic E-state index is 0.0394. The molecule has 1 N–H and O–H groups in total. The van der Waals surface area contributed by atoms with Crippen LogP contribution < -0.4 is 10.2 Å². The molecule has 2 aromatic rings. The summed E-state index contributed by atoms with van der Waals surface area (Å²) in [5.74, 6) is -1.82. The lowest BCUT2D eigenvalue weighted by Gasteiger charge is -2.31. The van der Waals surface area contributed by atoms with Crippen molar-refractivity contribution in [1.29, 1.82) is 0 Å². The fraction of sp³-hybridized carbons (Fsp3) is 0.333. The van der Waals surface area contributed by atoms with Crippen molar-refractivity contribution in [3.8, 4) is 0 Å². The lowest BCUT2D eigenvalue weighted by atomic mass is 9.99. The van der Waals surface area contributed by atoms with Gasteiger partial charge in [-0.25, -0.2) is 8.78 Å². The van der Waals surface area contributed by atoms with Crippen LogP contribution >= 0.6 is 11.3 Å². The van der Waals surface area contributed by atoms with Crippen molar-refractivity contribution in [2.75, 3.05) is 11.4 Å². The van der Waals surface area contributed by atoms with Crippen LogP contribution in [0.3, 0.4) is 0 Å². The van der Waals surface area contributed by atoms with E-state index < -0.39 is 17.7 Å². The molecule has 0 bridgehead atoms. The zero-order valence-corrected chi connectivity index (χ0v) is 14.5. The van der Waals surface area contributed by atoms with E-state index in [9.17, 15) is 18.4 Å². The highest BCUT2D eigenvalue weighted by Gasteiger charge is 2.28. The average molecular weight is 364 g/mol. The van der Waals surface area contributed by atoms with Crippen molar-refractivity contribution in [3.05, 3.63) is 51.7 Å². The maximum atomic E-state index is 14.0. The molecule has 0 saturated heterocycles. The summed E-state index contributed by atoms with van der Waals surface area (Å²) >= 11 is 1.45. The van der Waals surface area contributed by atoms with Crippen LogP contribution in [-0.4, -0.2) is 18.4 Å². The number of benzene rings is 1. The van der Waals surface area contributed by atoms with E-state index in [2.05, 4.69) is 5.32 Å². The molecule has 0 spiro atoms. The van der Waals surface area contributed by atoms with E-state index in [4.69, 9.17) is 0 Å². The van der Waals surface area contributed by atoms with Crippen LogP contribution in [0.25, 0.3) is 0 Å². The van der Waals surface area contributed by atoms with Gasteiger partial charge in [0, 0.05) is 30.0 Å². The first-order chi connectivity index (χ1) is 12.0. The summed E-state index contributed by atoms with van der Waals surface area (Å²) in [4.78, 5) is 26.6. The van der Waals surface area contributed by atoms with Gasteiger partial charge in [-0.1, -0.05) is 6.07 Å². The second-order valence-electron chi connectivity index (χ2n) is 6.01. The molecule has 4 nitrogen and oxygen atoms in total. The third-order valence-electron chi connectivity index (χ3n) is 4.18. The molecule has 0 fully saturated rings. The molecular weight excluding hydrogens is 346 g/mol. The number of carbonyl (C=O) groups is 2. The zero-order chi connectivity index (χ0) is 18.0. The number of nitrogens with zero attached hydrogens (tertiary/aromatic N) is 1. The van der Waals surface area contributed by atoms with E-state index in [0.717, 1.165) is 10.9 Å². The molecule has 25 heavy (non-hydrogen) atoms. The molecule has 1 aliphatic heterocycles. The first-order valence-electron chi connectivity index (χ1n) is 8.04. The van der Waals surface area contributed by atoms with Crippen molar-refractivity contribution < 1.29 is 18.4 Å². The highest BCUT2D eigenvalue weighted by molar-refractivity contribution is 7.10. The predicted octanol–water partition coefficient (Wildman–Crippen LogP) is 3.57. The molecule has 3 rings (SSSR count). The van der Waals surface area contributed by atoms with E-state index >= 15 is 0 Å². The first kappa shape index (κ1) is 17.5. The summed E-state index contributed by atoms with van der Waals surface area (Å²) in [6.07, 6.45) is 1.13. The Kier molecular flexibility index (Phi) is 5.13. The quantitative estimate of drug-likeness (QED) is 0.902. The van der Waals surface area contributed by atoms with E-state index in [-0.39, 0.29) is 18.2 Å². The van der Waals surface area contributed by atoms with E-state index in [1.165, 1.54) is 29.2 Å². The topological polar surface area (TPSA) is 49.4 Å². The molecule has 1 aliphatic rings. The van der Waals surface area contributed by atoms with Crippen molar-refractivity contribution in [1.82, 2.24) is 5.32 Å². The number of carbonyl (C=O) groups excluding carboxylic acids is 2. The molecule has 0 aliphatic carbocycles. The number of amides is 2. The van der Waals surface area contributed by atoms with Crippen LogP contribution in [0, 0.1) is 11.6 Å². The normalized spacial score (nSPS) is 14.8. The molecule has 2 amide bonds. The summed E-state index contributed by atoms with van der Waals surface area (Å²) in [6.45, 7) is 1.80. The number of thiophene rings is 1. The molecule has 1 aromatic heterocycles. The average Bonchev–Trinajstić information content (AvgIpc) is 3.07. The highest BCUT2D eigenvalue weighted by atomic mass is 32.1. The summed E-state index contributed by atoms with van der Waals surface area (Å²) in [7, 11) is 0. The van der Waals surface area contributed by atoms with Crippen molar-refractivity contribution in [3.63, 3.8) is 0 Å². The Hall–Kier alpha value is -2.28. The fourth-order valence-corrected chi connectivity index (χ4v) is 3.89. The number of halogens is 2. The van der Waals surface area contributed by atoms with Gasteiger partial charge in [-0.2, -0.15) is 0 Å². The Morgan fingerprint density at radius 3 is 2.84 bits per heavy atom. The van der Waals surface area contributed by atoms with Crippen LogP contribution in [0.5, 0.6) is 0 Å². The fourth-order valence-electron chi connectivity index (χ4n) is 3.11. The van der Waals surface area contributed by atoms with E-state index in [1.54, 1.807) is 0 Å². The molecule has 7 heteroatoms. The number of anilines is 1. The SMILES string of the molecule is CC(=O)N[C@@H](CC(=O)N1CCCc2c(F)cc(F)cc21)c1cccs1. The Bertz CT molecular complexity index is 793. The maximum Gasteiger partial charge on any atom is 0.229 e. The van der Waals surface area contributed by atoms with Gasteiger partial charge in [-0.15, -0.1) is 11.3 Å². The number of nitrogens with one attached hydrogen (secondary N) is 1. The van der Waals surface area contributed by atoms with Crippen LogP contribution in [-0.2, 0) is 16.0 Å².